The number of Topliss-reactive ketones (excluding diaryl/α,β-unsaturated/α-hetero) is 1. The summed E-state index contributed by atoms with van der Waals surface area (Å²) in [7, 11) is 1.94. The summed E-state index contributed by atoms with van der Waals surface area (Å²) in [6.45, 7) is 3.72. The van der Waals surface area contributed by atoms with Gasteiger partial charge in [0.2, 0.25) is 0 Å². The molecule has 94 valence electrons. The number of aryl methyl sites for hydroxylation is 2. The second-order valence-electron chi connectivity index (χ2n) is 4.59. The SMILES string of the molecule is CCc1nn(C)cc1-c1ccc(CC(C)=O)cc1. The second-order valence-corrected chi connectivity index (χ2v) is 4.59. The molecule has 2 rings (SSSR count). The molecule has 0 aliphatic rings. The Bertz CT molecular complexity index is 552. The molecule has 1 heterocycles. The van der Waals surface area contributed by atoms with E-state index in [1.54, 1.807) is 6.92 Å². The Morgan fingerprint density at radius 3 is 2.50 bits per heavy atom. The molecule has 0 N–H and O–H groups in total. The van der Waals surface area contributed by atoms with E-state index in [0.717, 1.165) is 23.2 Å². The summed E-state index contributed by atoms with van der Waals surface area (Å²) < 4.78 is 1.84. The van der Waals surface area contributed by atoms with E-state index in [1.165, 1.54) is 5.56 Å². The van der Waals surface area contributed by atoms with Gasteiger partial charge in [0.05, 0.1) is 5.69 Å². The van der Waals surface area contributed by atoms with Crippen LogP contribution in [0.25, 0.3) is 11.1 Å². The van der Waals surface area contributed by atoms with E-state index in [2.05, 4.69) is 24.2 Å². The number of hydrogen-bond acceptors (Lipinski definition) is 2. The van der Waals surface area contributed by atoms with E-state index in [9.17, 15) is 4.79 Å². The molecule has 0 saturated heterocycles. The Kier molecular flexibility index (Phi) is 3.60. The van der Waals surface area contributed by atoms with Gasteiger partial charge in [-0.05, 0) is 24.5 Å². The molecule has 18 heavy (non-hydrogen) atoms. The molecule has 0 atom stereocenters. The van der Waals surface area contributed by atoms with Crippen molar-refractivity contribution in [3.05, 3.63) is 41.7 Å². The van der Waals surface area contributed by atoms with Crippen LogP contribution in [0.5, 0.6) is 0 Å². The molecule has 3 heteroatoms. The average Bonchev–Trinajstić information content (AvgIpc) is 2.71. The minimum absolute atomic E-state index is 0.193. The van der Waals surface area contributed by atoms with Crippen molar-refractivity contribution in [2.45, 2.75) is 26.7 Å². The fourth-order valence-corrected chi connectivity index (χ4v) is 2.13. The Morgan fingerprint density at radius 1 is 1.28 bits per heavy atom. The summed E-state index contributed by atoms with van der Waals surface area (Å²) in [6, 6.07) is 8.16. The lowest BCUT2D eigenvalue weighted by Crippen LogP contribution is -1.95. The average molecular weight is 242 g/mol. The van der Waals surface area contributed by atoms with E-state index in [0.29, 0.717) is 6.42 Å². The van der Waals surface area contributed by atoms with Gasteiger partial charge in [0.25, 0.3) is 0 Å². The van der Waals surface area contributed by atoms with Crippen LogP contribution in [0.3, 0.4) is 0 Å². The lowest BCUT2D eigenvalue weighted by molar-refractivity contribution is -0.116. The number of carbonyl (C=O) groups is 1. The van der Waals surface area contributed by atoms with Crippen molar-refractivity contribution in [3.63, 3.8) is 0 Å². The maximum Gasteiger partial charge on any atom is 0.134 e. The molecule has 0 fully saturated rings. The molecule has 3 nitrogen and oxygen atoms in total. The third-order valence-corrected chi connectivity index (χ3v) is 2.96. The molecule has 0 aliphatic carbocycles. The Morgan fingerprint density at radius 2 is 1.94 bits per heavy atom. The molecule has 1 aromatic carbocycles. The minimum atomic E-state index is 0.193. The fourth-order valence-electron chi connectivity index (χ4n) is 2.13. The van der Waals surface area contributed by atoms with Crippen molar-refractivity contribution in [3.8, 4) is 11.1 Å². The van der Waals surface area contributed by atoms with E-state index in [4.69, 9.17) is 0 Å². The number of aromatic nitrogens is 2. The highest BCUT2D eigenvalue weighted by Gasteiger charge is 2.08. The first-order chi connectivity index (χ1) is 8.60. The molecule has 0 radical (unpaired) electrons. The van der Waals surface area contributed by atoms with Crippen molar-refractivity contribution in [1.29, 1.82) is 0 Å². The number of rotatable bonds is 4. The van der Waals surface area contributed by atoms with Crippen molar-refractivity contribution in [1.82, 2.24) is 9.78 Å². The van der Waals surface area contributed by atoms with E-state index in [1.807, 2.05) is 30.1 Å². The van der Waals surface area contributed by atoms with Gasteiger partial charge in [-0.1, -0.05) is 31.2 Å². The molecule has 2 aromatic rings. The summed E-state index contributed by atoms with van der Waals surface area (Å²) in [5.74, 6) is 0.193. The van der Waals surface area contributed by atoms with Gasteiger partial charge in [-0.3, -0.25) is 9.48 Å². The van der Waals surface area contributed by atoms with Gasteiger partial charge < -0.3 is 0 Å². The van der Waals surface area contributed by atoms with Gasteiger partial charge >= 0.3 is 0 Å². The van der Waals surface area contributed by atoms with Crippen molar-refractivity contribution in [2.24, 2.45) is 7.05 Å². The van der Waals surface area contributed by atoms with Crippen LogP contribution in [0.4, 0.5) is 0 Å². The zero-order valence-corrected chi connectivity index (χ0v) is 11.1. The summed E-state index contributed by atoms with van der Waals surface area (Å²) in [5, 5.41) is 4.44. The normalized spacial score (nSPS) is 10.6. The maximum atomic E-state index is 11.1. The van der Waals surface area contributed by atoms with Crippen LogP contribution in [0.15, 0.2) is 30.5 Å². The van der Waals surface area contributed by atoms with E-state index in [-0.39, 0.29) is 5.78 Å². The number of carbonyl (C=O) groups excluding carboxylic acids is 1. The number of benzene rings is 1. The maximum absolute atomic E-state index is 11.1. The van der Waals surface area contributed by atoms with Gasteiger partial charge in [0.15, 0.2) is 0 Å². The van der Waals surface area contributed by atoms with Gasteiger partial charge in [0.1, 0.15) is 5.78 Å². The van der Waals surface area contributed by atoms with Gasteiger partial charge in [-0.15, -0.1) is 0 Å². The topological polar surface area (TPSA) is 34.9 Å². The smallest absolute Gasteiger partial charge is 0.134 e. The van der Waals surface area contributed by atoms with Gasteiger partial charge in [0, 0.05) is 25.2 Å². The first-order valence-electron chi connectivity index (χ1n) is 6.21. The zero-order valence-electron chi connectivity index (χ0n) is 11.1. The largest absolute Gasteiger partial charge is 0.300 e. The highest BCUT2D eigenvalue weighted by molar-refractivity contribution is 5.78. The zero-order chi connectivity index (χ0) is 13.1. The lowest BCUT2D eigenvalue weighted by Gasteiger charge is -2.02. The monoisotopic (exact) mass is 242 g/mol. The predicted molar refractivity (Wildman–Crippen MR) is 72.4 cm³/mol. The number of nitrogens with zero attached hydrogens (tertiary/aromatic N) is 2. The van der Waals surface area contributed by atoms with Crippen LogP contribution in [0, 0.1) is 0 Å². The van der Waals surface area contributed by atoms with Crippen LogP contribution < -0.4 is 0 Å². The van der Waals surface area contributed by atoms with Crippen LogP contribution in [-0.2, 0) is 24.7 Å². The Hall–Kier alpha value is -1.90. The highest BCUT2D eigenvalue weighted by atomic mass is 16.1. The molecule has 0 unspecified atom stereocenters. The quantitative estimate of drug-likeness (QED) is 0.826. The number of ketones is 1. The number of hydrogen-bond donors (Lipinski definition) is 0. The Labute approximate surface area is 107 Å². The van der Waals surface area contributed by atoms with Crippen LogP contribution in [0.2, 0.25) is 0 Å². The fraction of sp³-hybridized carbons (Fsp3) is 0.333. The Balaban J connectivity index is 2.31. The van der Waals surface area contributed by atoms with Crippen molar-refractivity contribution in [2.75, 3.05) is 0 Å². The van der Waals surface area contributed by atoms with E-state index < -0.39 is 0 Å². The van der Waals surface area contributed by atoms with Gasteiger partial charge in [-0.25, -0.2) is 0 Å². The summed E-state index contributed by atoms with van der Waals surface area (Å²) in [4.78, 5) is 11.1. The van der Waals surface area contributed by atoms with Crippen LogP contribution in [-0.4, -0.2) is 15.6 Å². The third-order valence-electron chi connectivity index (χ3n) is 2.96. The van der Waals surface area contributed by atoms with Crippen LogP contribution in [0.1, 0.15) is 25.1 Å². The highest BCUT2D eigenvalue weighted by Crippen LogP contribution is 2.23. The molecule has 0 bridgehead atoms. The lowest BCUT2D eigenvalue weighted by atomic mass is 10.0. The van der Waals surface area contributed by atoms with Crippen LogP contribution >= 0.6 is 0 Å². The van der Waals surface area contributed by atoms with E-state index >= 15 is 0 Å². The molecule has 0 aliphatic heterocycles. The first-order valence-corrected chi connectivity index (χ1v) is 6.21. The second kappa shape index (κ2) is 5.17. The first kappa shape index (κ1) is 12.6. The third kappa shape index (κ3) is 2.67. The molecule has 0 amide bonds. The summed E-state index contributed by atoms with van der Waals surface area (Å²) in [6.07, 6.45) is 3.47. The van der Waals surface area contributed by atoms with Gasteiger partial charge in [-0.2, -0.15) is 5.10 Å². The van der Waals surface area contributed by atoms with Crippen molar-refractivity contribution >= 4 is 5.78 Å². The molecular weight excluding hydrogens is 224 g/mol. The predicted octanol–water partition coefficient (Wildman–Crippen LogP) is 2.78. The molecule has 0 saturated carbocycles. The molecule has 1 aromatic heterocycles. The standard InChI is InChI=1S/C15H18N2O/c1-4-15-14(10-17(3)16-15)13-7-5-12(6-8-13)9-11(2)18/h5-8,10H,4,9H2,1-3H3. The summed E-state index contributed by atoms with van der Waals surface area (Å²) in [5.41, 5.74) is 4.51. The summed E-state index contributed by atoms with van der Waals surface area (Å²) >= 11 is 0. The molecule has 0 spiro atoms. The minimum Gasteiger partial charge on any atom is -0.300 e. The van der Waals surface area contributed by atoms with Crippen molar-refractivity contribution < 1.29 is 4.79 Å². The molecular formula is C15H18N2O.